The maximum atomic E-state index is 14.5. The first kappa shape index (κ1) is 17.7. The lowest BCUT2D eigenvalue weighted by atomic mass is 10.2. The maximum Gasteiger partial charge on any atom is 0.273 e. The highest BCUT2D eigenvalue weighted by Gasteiger charge is 2.19. The van der Waals surface area contributed by atoms with E-state index < -0.39 is 11.7 Å². The van der Waals surface area contributed by atoms with Gasteiger partial charge in [-0.1, -0.05) is 6.07 Å². The minimum absolute atomic E-state index is 0.0753. The largest absolute Gasteiger partial charge is 0.364 e. The Bertz CT molecular complexity index is 1360. The number of carbonyl (C=O) groups excluding carboxylic acids is 1. The topological polar surface area (TPSA) is 96.2 Å². The highest BCUT2D eigenvalue weighted by Crippen LogP contribution is 2.26. The van der Waals surface area contributed by atoms with Crippen LogP contribution in [0, 0.1) is 11.6 Å². The van der Waals surface area contributed by atoms with Gasteiger partial charge in [0.05, 0.1) is 0 Å². The zero-order chi connectivity index (χ0) is 20.7. The zero-order valence-corrected chi connectivity index (χ0v) is 15.2. The molecule has 0 saturated heterocycles. The number of nitrogens with one attached hydrogen (secondary N) is 3. The van der Waals surface area contributed by atoms with Crippen LogP contribution in [0.2, 0.25) is 0 Å². The average Bonchev–Trinajstić information content (AvgIpc) is 3.10. The van der Waals surface area contributed by atoms with Crippen LogP contribution in [0.5, 0.6) is 0 Å². The lowest BCUT2D eigenvalue weighted by Crippen LogP contribution is -2.24. The third kappa shape index (κ3) is 3.00. The molecule has 4 aromatic rings. The van der Waals surface area contributed by atoms with Gasteiger partial charge in [0.25, 0.3) is 5.91 Å². The number of carbonyl (C=O) groups is 1. The van der Waals surface area contributed by atoms with Crippen LogP contribution >= 0.6 is 0 Å². The first-order valence-corrected chi connectivity index (χ1v) is 8.90. The van der Waals surface area contributed by atoms with E-state index in [2.05, 4.69) is 31.0 Å². The minimum atomic E-state index is -0.538. The quantitative estimate of drug-likeness (QED) is 0.485. The van der Waals surface area contributed by atoms with Crippen LogP contribution in [0.3, 0.4) is 0 Å². The molecule has 2 aromatic carbocycles. The first-order chi connectivity index (χ1) is 14.6. The Morgan fingerprint density at radius 2 is 1.83 bits per heavy atom. The molecule has 30 heavy (non-hydrogen) atoms. The van der Waals surface area contributed by atoms with Gasteiger partial charge >= 0.3 is 0 Å². The summed E-state index contributed by atoms with van der Waals surface area (Å²) in [7, 11) is 0. The second-order valence-electron chi connectivity index (χ2n) is 6.41. The number of fused-ring (bicyclic) bond motifs is 3. The van der Waals surface area contributed by atoms with Crippen molar-refractivity contribution in [2.24, 2.45) is 0 Å². The van der Waals surface area contributed by atoms with Crippen LogP contribution < -0.4 is 16.0 Å². The smallest absolute Gasteiger partial charge is 0.273 e. The third-order valence-corrected chi connectivity index (χ3v) is 4.47. The van der Waals surface area contributed by atoms with Crippen molar-refractivity contribution in [1.82, 2.24) is 30.2 Å². The number of hydrogen-bond acceptors (Lipinski definition) is 6. The Morgan fingerprint density at radius 3 is 2.67 bits per heavy atom. The number of benzene rings is 2. The van der Waals surface area contributed by atoms with Crippen molar-refractivity contribution >= 4 is 28.4 Å². The molecule has 1 aliphatic heterocycles. The fourth-order valence-corrected chi connectivity index (χ4v) is 3.05. The number of amides is 1. The summed E-state index contributed by atoms with van der Waals surface area (Å²) in [6, 6.07) is 10.2. The Morgan fingerprint density at radius 1 is 1.00 bits per heavy atom. The second-order valence-corrected chi connectivity index (χ2v) is 6.41. The number of aromatic nitrogens is 4. The molecular weight excluding hydrogens is 392 g/mol. The highest BCUT2D eigenvalue weighted by atomic mass is 19.1. The lowest BCUT2D eigenvalue weighted by molar-refractivity contribution is -0.116. The number of anilines is 1. The molecule has 0 radical (unpaired) electrons. The monoisotopic (exact) mass is 405 g/mol. The molecule has 0 fully saturated rings. The Hall–Kier alpha value is -4.34. The normalized spacial score (nSPS) is 13.7. The summed E-state index contributed by atoms with van der Waals surface area (Å²) in [6.07, 6.45) is 4.42. The van der Waals surface area contributed by atoms with Crippen LogP contribution in [0.15, 0.2) is 66.8 Å². The van der Waals surface area contributed by atoms with E-state index in [1.807, 2.05) is 0 Å². The van der Waals surface area contributed by atoms with E-state index in [1.54, 1.807) is 24.3 Å². The fourth-order valence-electron chi connectivity index (χ4n) is 3.05. The number of para-hydroxylation sites is 1. The average molecular weight is 405 g/mol. The fraction of sp³-hybridized carbons (Fsp3) is 0. The van der Waals surface area contributed by atoms with Crippen LogP contribution in [0.1, 0.15) is 0 Å². The minimum Gasteiger partial charge on any atom is -0.364 e. The number of halogens is 2. The standard InChI is InChI=1S/C20H13F2N7O/c21-12-6-4-11(5-7-12)17-27-18-13-2-1-3-14(22)16(13)26-20(29(18)28-17)25-15-10-23-8-9-24-19(15)30/h1-10,23H,(H,24,30)(H,25,26). The summed E-state index contributed by atoms with van der Waals surface area (Å²) in [6.45, 7) is 0. The molecule has 148 valence electrons. The molecule has 3 N–H and O–H groups in total. The van der Waals surface area contributed by atoms with Gasteiger partial charge in [0.15, 0.2) is 11.5 Å². The first-order valence-electron chi connectivity index (χ1n) is 8.90. The molecule has 0 atom stereocenters. The summed E-state index contributed by atoms with van der Waals surface area (Å²) in [5, 5.41) is 13.1. The van der Waals surface area contributed by atoms with Gasteiger partial charge in [-0.05, 0) is 36.4 Å². The van der Waals surface area contributed by atoms with Crippen LogP contribution in [0.25, 0.3) is 27.9 Å². The molecule has 2 aromatic heterocycles. The van der Waals surface area contributed by atoms with Gasteiger partial charge in [0.1, 0.15) is 22.8 Å². The summed E-state index contributed by atoms with van der Waals surface area (Å²) in [4.78, 5) is 21.1. The van der Waals surface area contributed by atoms with Gasteiger partial charge in [-0.25, -0.2) is 18.7 Å². The molecule has 0 saturated carbocycles. The molecule has 3 heterocycles. The van der Waals surface area contributed by atoms with Crippen molar-refractivity contribution in [3.63, 3.8) is 0 Å². The van der Waals surface area contributed by atoms with Gasteiger partial charge in [-0.15, -0.1) is 5.10 Å². The molecular formula is C20H13F2N7O. The van der Waals surface area contributed by atoms with E-state index in [0.29, 0.717) is 22.4 Å². The van der Waals surface area contributed by atoms with Crippen molar-refractivity contribution in [3.8, 4) is 11.4 Å². The highest BCUT2D eigenvalue weighted by molar-refractivity contribution is 5.98. The van der Waals surface area contributed by atoms with Crippen molar-refractivity contribution in [2.45, 2.75) is 0 Å². The SMILES string of the molecule is O=C1NC=CNC=C1Nc1nc2c(F)cccc2c2nc(-c3ccc(F)cc3)nn12. The molecule has 5 rings (SSSR count). The van der Waals surface area contributed by atoms with Gasteiger partial charge in [0.2, 0.25) is 5.95 Å². The van der Waals surface area contributed by atoms with E-state index in [0.717, 1.165) is 0 Å². The van der Waals surface area contributed by atoms with Crippen molar-refractivity contribution in [2.75, 3.05) is 5.32 Å². The Balaban J connectivity index is 1.72. The van der Waals surface area contributed by atoms with Gasteiger partial charge in [-0.3, -0.25) is 4.79 Å². The van der Waals surface area contributed by atoms with Crippen LogP contribution in [-0.2, 0) is 4.79 Å². The van der Waals surface area contributed by atoms with E-state index in [4.69, 9.17) is 0 Å². The molecule has 0 bridgehead atoms. The molecule has 0 unspecified atom stereocenters. The van der Waals surface area contributed by atoms with E-state index in [-0.39, 0.29) is 23.0 Å². The van der Waals surface area contributed by atoms with Gasteiger partial charge in [-0.2, -0.15) is 4.52 Å². The van der Waals surface area contributed by atoms with E-state index in [1.165, 1.54) is 41.3 Å². The third-order valence-electron chi connectivity index (χ3n) is 4.47. The number of rotatable bonds is 3. The molecule has 1 aliphatic rings. The second kappa shape index (κ2) is 6.92. The van der Waals surface area contributed by atoms with Gasteiger partial charge in [0, 0.05) is 29.5 Å². The maximum absolute atomic E-state index is 14.5. The van der Waals surface area contributed by atoms with Gasteiger partial charge < -0.3 is 16.0 Å². The van der Waals surface area contributed by atoms with Crippen molar-refractivity contribution in [1.29, 1.82) is 0 Å². The molecule has 0 spiro atoms. The molecule has 1 amide bonds. The number of nitrogens with zero attached hydrogens (tertiary/aromatic N) is 4. The Labute approximate surface area is 167 Å². The van der Waals surface area contributed by atoms with Crippen molar-refractivity contribution < 1.29 is 13.6 Å². The number of hydrogen-bond donors (Lipinski definition) is 3. The molecule has 10 heteroatoms. The van der Waals surface area contributed by atoms with E-state index >= 15 is 0 Å². The lowest BCUT2D eigenvalue weighted by Gasteiger charge is -2.10. The zero-order valence-electron chi connectivity index (χ0n) is 15.2. The van der Waals surface area contributed by atoms with Crippen LogP contribution in [-0.4, -0.2) is 25.5 Å². The summed E-state index contributed by atoms with van der Waals surface area (Å²) in [5.41, 5.74) is 1.13. The summed E-state index contributed by atoms with van der Waals surface area (Å²) < 4.78 is 29.2. The predicted octanol–water partition coefficient (Wildman–Crippen LogP) is 2.67. The summed E-state index contributed by atoms with van der Waals surface area (Å²) in [5.74, 6) is -0.946. The van der Waals surface area contributed by atoms with Crippen molar-refractivity contribution in [3.05, 3.63) is 78.4 Å². The summed E-state index contributed by atoms with van der Waals surface area (Å²) >= 11 is 0. The van der Waals surface area contributed by atoms with E-state index in [9.17, 15) is 13.6 Å². The molecule has 8 nitrogen and oxygen atoms in total. The van der Waals surface area contributed by atoms with Crippen LogP contribution in [0.4, 0.5) is 14.7 Å². The predicted molar refractivity (Wildman–Crippen MR) is 106 cm³/mol. The Kier molecular flexibility index (Phi) is 4.09. The molecule has 0 aliphatic carbocycles.